The number of hydrogen-bond acceptors (Lipinski definition) is 3. The molecule has 24 heavy (non-hydrogen) atoms. The summed E-state index contributed by atoms with van der Waals surface area (Å²) in [5.74, 6) is -0.923. The van der Waals surface area contributed by atoms with Crippen LogP contribution in [-0.4, -0.2) is 60.9 Å². The minimum atomic E-state index is -0.565. The Labute approximate surface area is 146 Å². The summed E-state index contributed by atoms with van der Waals surface area (Å²) >= 11 is 5.77. The molecule has 2 amide bonds. The van der Waals surface area contributed by atoms with Gasteiger partial charge in [0.2, 0.25) is 5.91 Å². The first kappa shape index (κ1) is 18.7. The predicted octanol–water partition coefficient (Wildman–Crippen LogP) is 2.15. The second-order valence-corrected chi connectivity index (χ2v) is 6.25. The van der Waals surface area contributed by atoms with E-state index in [2.05, 4.69) is 5.32 Å². The van der Waals surface area contributed by atoms with Gasteiger partial charge in [0.05, 0.1) is 5.02 Å². The predicted molar refractivity (Wildman–Crippen MR) is 91.7 cm³/mol. The molecule has 1 heterocycles. The van der Waals surface area contributed by atoms with Crippen LogP contribution in [0.1, 0.15) is 30.1 Å². The summed E-state index contributed by atoms with van der Waals surface area (Å²) in [4.78, 5) is 28.4. The number of halogens is 2. The topological polar surface area (TPSA) is 52.7 Å². The van der Waals surface area contributed by atoms with Gasteiger partial charge in [0.25, 0.3) is 5.91 Å². The van der Waals surface area contributed by atoms with Gasteiger partial charge in [0.1, 0.15) is 12.4 Å². The van der Waals surface area contributed by atoms with Crippen LogP contribution in [0.25, 0.3) is 0 Å². The van der Waals surface area contributed by atoms with Crippen molar-refractivity contribution in [2.45, 2.75) is 19.8 Å². The van der Waals surface area contributed by atoms with E-state index in [-0.39, 0.29) is 23.4 Å². The van der Waals surface area contributed by atoms with E-state index < -0.39 is 5.82 Å². The van der Waals surface area contributed by atoms with E-state index in [1.807, 2.05) is 6.92 Å². The molecule has 0 bridgehead atoms. The fourth-order valence-corrected chi connectivity index (χ4v) is 2.77. The Kier molecular flexibility index (Phi) is 6.99. The standard InChI is InChI=1S/C17H23ClFN3O2/c1-2-3-8-22(12-16(23)21-9-6-20-7-10-21)17(24)13-4-5-15(19)14(18)11-13/h4-5,11,20H,2-3,6-10,12H2,1H3. The van der Waals surface area contributed by atoms with Crippen molar-refractivity contribution in [1.29, 1.82) is 0 Å². The number of nitrogens with zero attached hydrogens (tertiary/aromatic N) is 2. The summed E-state index contributed by atoms with van der Waals surface area (Å²) in [6, 6.07) is 3.89. The molecular formula is C17H23ClFN3O2. The largest absolute Gasteiger partial charge is 0.339 e. The van der Waals surface area contributed by atoms with Crippen LogP contribution in [0.5, 0.6) is 0 Å². The summed E-state index contributed by atoms with van der Waals surface area (Å²) in [7, 11) is 0. The lowest BCUT2D eigenvalue weighted by Crippen LogP contribution is -2.50. The number of nitrogens with one attached hydrogen (secondary N) is 1. The van der Waals surface area contributed by atoms with Gasteiger partial charge in [0, 0.05) is 38.3 Å². The van der Waals surface area contributed by atoms with E-state index in [1.54, 1.807) is 4.90 Å². The second kappa shape index (κ2) is 8.99. The fraction of sp³-hybridized carbons (Fsp3) is 0.529. The Bertz CT molecular complexity index is 591. The Morgan fingerprint density at radius 3 is 2.67 bits per heavy atom. The molecule has 1 aromatic carbocycles. The molecule has 1 aliphatic heterocycles. The average Bonchev–Trinajstić information content (AvgIpc) is 2.61. The van der Waals surface area contributed by atoms with Gasteiger partial charge in [-0.05, 0) is 24.6 Å². The molecule has 0 radical (unpaired) electrons. The minimum absolute atomic E-state index is 0.0355. The maximum atomic E-state index is 13.3. The Balaban J connectivity index is 2.09. The molecule has 2 rings (SSSR count). The molecule has 0 atom stereocenters. The van der Waals surface area contributed by atoms with Crippen molar-refractivity contribution in [1.82, 2.24) is 15.1 Å². The quantitative estimate of drug-likeness (QED) is 0.850. The van der Waals surface area contributed by atoms with Crippen LogP contribution < -0.4 is 5.32 Å². The van der Waals surface area contributed by atoms with Crippen molar-refractivity contribution in [2.24, 2.45) is 0 Å². The zero-order valence-corrected chi connectivity index (χ0v) is 14.6. The molecule has 1 saturated heterocycles. The SMILES string of the molecule is CCCCN(CC(=O)N1CCNCC1)C(=O)c1ccc(F)c(Cl)c1. The van der Waals surface area contributed by atoms with Gasteiger partial charge in [-0.3, -0.25) is 9.59 Å². The summed E-state index contributed by atoms with van der Waals surface area (Å²) < 4.78 is 13.3. The number of benzene rings is 1. The van der Waals surface area contributed by atoms with Crippen LogP contribution in [0.15, 0.2) is 18.2 Å². The van der Waals surface area contributed by atoms with Crippen molar-refractivity contribution in [3.05, 3.63) is 34.6 Å². The van der Waals surface area contributed by atoms with Crippen molar-refractivity contribution < 1.29 is 14.0 Å². The van der Waals surface area contributed by atoms with Gasteiger partial charge < -0.3 is 15.1 Å². The lowest BCUT2D eigenvalue weighted by Gasteiger charge is -2.30. The number of amides is 2. The highest BCUT2D eigenvalue weighted by atomic mass is 35.5. The molecule has 1 aliphatic rings. The molecule has 1 aromatic rings. The monoisotopic (exact) mass is 355 g/mol. The fourth-order valence-electron chi connectivity index (χ4n) is 2.59. The molecular weight excluding hydrogens is 333 g/mol. The average molecular weight is 356 g/mol. The summed E-state index contributed by atoms with van der Waals surface area (Å²) in [6.45, 7) is 5.38. The first-order valence-corrected chi connectivity index (χ1v) is 8.63. The van der Waals surface area contributed by atoms with E-state index in [0.29, 0.717) is 25.2 Å². The third kappa shape index (κ3) is 4.92. The summed E-state index contributed by atoms with van der Waals surface area (Å²) in [5.41, 5.74) is 0.297. The molecule has 5 nitrogen and oxygen atoms in total. The number of rotatable bonds is 6. The molecule has 1 fully saturated rings. The van der Waals surface area contributed by atoms with Crippen LogP contribution in [0.4, 0.5) is 4.39 Å². The van der Waals surface area contributed by atoms with Gasteiger partial charge >= 0.3 is 0 Å². The van der Waals surface area contributed by atoms with Crippen molar-refractivity contribution >= 4 is 23.4 Å². The summed E-state index contributed by atoms with van der Waals surface area (Å²) in [6.07, 6.45) is 1.71. The maximum absolute atomic E-state index is 13.3. The highest BCUT2D eigenvalue weighted by Crippen LogP contribution is 2.17. The Morgan fingerprint density at radius 1 is 1.33 bits per heavy atom. The summed E-state index contributed by atoms with van der Waals surface area (Å²) in [5, 5.41) is 3.10. The first-order valence-electron chi connectivity index (χ1n) is 8.25. The molecule has 0 unspecified atom stereocenters. The second-order valence-electron chi connectivity index (χ2n) is 5.84. The van der Waals surface area contributed by atoms with Crippen LogP contribution in [0.3, 0.4) is 0 Å². The van der Waals surface area contributed by atoms with E-state index in [4.69, 9.17) is 11.6 Å². The molecule has 0 aliphatic carbocycles. The third-order valence-corrected chi connectivity index (χ3v) is 4.32. The number of carbonyl (C=O) groups is 2. The van der Waals surface area contributed by atoms with Gasteiger partial charge in [-0.25, -0.2) is 4.39 Å². The molecule has 1 N–H and O–H groups in total. The van der Waals surface area contributed by atoms with Gasteiger partial charge in [-0.2, -0.15) is 0 Å². The molecule has 0 spiro atoms. The van der Waals surface area contributed by atoms with Crippen LogP contribution in [-0.2, 0) is 4.79 Å². The van der Waals surface area contributed by atoms with E-state index in [0.717, 1.165) is 25.9 Å². The first-order chi connectivity index (χ1) is 11.5. The maximum Gasteiger partial charge on any atom is 0.254 e. The van der Waals surface area contributed by atoms with Crippen LogP contribution >= 0.6 is 11.6 Å². The number of piperazine rings is 1. The Morgan fingerprint density at radius 2 is 2.04 bits per heavy atom. The van der Waals surface area contributed by atoms with E-state index >= 15 is 0 Å². The molecule has 132 valence electrons. The highest BCUT2D eigenvalue weighted by molar-refractivity contribution is 6.31. The van der Waals surface area contributed by atoms with Crippen molar-refractivity contribution in [3.8, 4) is 0 Å². The van der Waals surface area contributed by atoms with Gasteiger partial charge in [0.15, 0.2) is 0 Å². The zero-order chi connectivity index (χ0) is 17.5. The van der Waals surface area contributed by atoms with Gasteiger partial charge in [-0.1, -0.05) is 24.9 Å². The lowest BCUT2D eigenvalue weighted by molar-refractivity contribution is -0.132. The lowest BCUT2D eigenvalue weighted by atomic mass is 10.1. The minimum Gasteiger partial charge on any atom is -0.339 e. The van der Waals surface area contributed by atoms with Crippen LogP contribution in [0, 0.1) is 5.82 Å². The third-order valence-electron chi connectivity index (χ3n) is 4.03. The van der Waals surface area contributed by atoms with Crippen LogP contribution in [0.2, 0.25) is 5.02 Å². The number of unbranched alkanes of at least 4 members (excludes halogenated alkanes) is 1. The smallest absolute Gasteiger partial charge is 0.254 e. The molecule has 0 aromatic heterocycles. The number of carbonyl (C=O) groups excluding carboxylic acids is 2. The van der Waals surface area contributed by atoms with Gasteiger partial charge in [-0.15, -0.1) is 0 Å². The Hall–Kier alpha value is -1.66. The zero-order valence-electron chi connectivity index (χ0n) is 13.9. The molecule has 0 saturated carbocycles. The number of hydrogen-bond donors (Lipinski definition) is 1. The van der Waals surface area contributed by atoms with Crippen molar-refractivity contribution in [2.75, 3.05) is 39.3 Å². The molecule has 7 heteroatoms. The van der Waals surface area contributed by atoms with E-state index in [1.165, 1.54) is 23.1 Å². The van der Waals surface area contributed by atoms with Crippen molar-refractivity contribution in [3.63, 3.8) is 0 Å². The van der Waals surface area contributed by atoms with E-state index in [9.17, 15) is 14.0 Å². The normalized spacial score (nSPS) is 14.5. The highest BCUT2D eigenvalue weighted by Gasteiger charge is 2.23.